The van der Waals surface area contributed by atoms with Crippen LogP contribution in [0.2, 0.25) is 0 Å². The maximum Gasteiger partial charge on any atom is 0.245 e. The van der Waals surface area contributed by atoms with E-state index in [1.807, 2.05) is 58.9 Å². The van der Waals surface area contributed by atoms with Gasteiger partial charge in [-0.05, 0) is 44.0 Å². The van der Waals surface area contributed by atoms with E-state index in [0.717, 1.165) is 47.5 Å². The van der Waals surface area contributed by atoms with Crippen molar-refractivity contribution in [2.24, 2.45) is 0 Å². The Kier molecular flexibility index (Phi) is 4.94. The lowest BCUT2D eigenvalue weighted by Gasteiger charge is -2.29. The molecule has 4 rings (SSSR count). The minimum atomic E-state index is -0.322. The molecule has 0 aliphatic carbocycles. The maximum absolute atomic E-state index is 13.4. The molecule has 0 spiro atoms. The number of aromatic nitrogens is 2. The molecule has 6 nitrogen and oxygen atoms in total. The molecule has 1 aromatic heterocycles. The topological polar surface area (TPSA) is 56.6 Å². The van der Waals surface area contributed by atoms with Gasteiger partial charge in [0.1, 0.15) is 17.5 Å². The second-order valence-corrected chi connectivity index (χ2v) is 7.11. The van der Waals surface area contributed by atoms with Crippen molar-refractivity contribution in [2.45, 2.75) is 31.8 Å². The zero-order valence-electron chi connectivity index (χ0n) is 16.5. The Bertz CT molecular complexity index is 998. The summed E-state index contributed by atoms with van der Waals surface area (Å²) in [6, 6.07) is 13.4. The van der Waals surface area contributed by atoms with Crippen LogP contribution in [0.4, 0.5) is 0 Å². The van der Waals surface area contributed by atoms with Crippen LogP contribution in [0.1, 0.15) is 37.4 Å². The van der Waals surface area contributed by atoms with Crippen molar-refractivity contribution in [1.29, 1.82) is 0 Å². The van der Waals surface area contributed by atoms with E-state index in [1.165, 1.54) is 0 Å². The van der Waals surface area contributed by atoms with Crippen LogP contribution >= 0.6 is 0 Å². The number of carbonyl (C=O) groups excluding carboxylic acids is 1. The number of benzene rings is 2. The molecule has 3 aromatic rings. The van der Waals surface area contributed by atoms with Crippen LogP contribution in [0.15, 0.2) is 48.8 Å². The molecule has 1 aliphatic rings. The van der Waals surface area contributed by atoms with Crippen molar-refractivity contribution < 1.29 is 14.3 Å². The highest BCUT2D eigenvalue weighted by molar-refractivity contribution is 5.84. The van der Waals surface area contributed by atoms with Gasteiger partial charge in [0.05, 0.1) is 37.6 Å². The van der Waals surface area contributed by atoms with Gasteiger partial charge in [-0.15, -0.1) is 0 Å². The highest BCUT2D eigenvalue weighted by Gasteiger charge is 2.34. The van der Waals surface area contributed by atoms with Crippen LogP contribution < -0.4 is 9.47 Å². The molecule has 0 bridgehead atoms. The van der Waals surface area contributed by atoms with Crippen LogP contribution in [0, 0.1) is 0 Å². The largest absolute Gasteiger partial charge is 0.497 e. The Labute approximate surface area is 164 Å². The predicted octanol–water partition coefficient (Wildman–Crippen LogP) is 3.98. The first-order valence-corrected chi connectivity index (χ1v) is 9.58. The standard InChI is InChI=1S/C22H25N3O3/c1-15(25-14-23-18-7-4-5-8-20(18)25)22(26)24-12-6-9-19(24)17-11-10-16(27-2)13-21(17)28-3/h4-5,7-8,10-11,13-15,19H,6,9,12H2,1-3H3. The van der Waals surface area contributed by atoms with Gasteiger partial charge in [0.25, 0.3) is 0 Å². The second-order valence-electron chi connectivity index (χ2n) is 7.11. The summed E-state index contributed by atoms with van der Waals surface area (Å²) in [5.41, 5.74) is 2.90. The molecule has 1 aliphatic heterocycles. The molecule has 2 unspecified atom stereocenters. The Morgan fingerprint density at radius 1 is 1.18 bits per heavy atom. The van der Waals surface area contributed by atoms with Crippen LogP contribution in [-0.4, -0.2) is 41.1 Å². The zero-order chi connectivity index (χ0) is 19.7. The van der Waals surface area contributed by atoms with Gasteiger partial charge in [-0.3, -0.25) is 4.79 Å². The molecule has 1 amide bonds. The molecule has 2 atom stereocenters. The molecule has 28 heavy (non-hydrogen) atoms. The van der Waals surface area contributed by atoms with Gasteiger partial charge in [0.2, 0.25) is 5.91 Å². The molecule has 1 saturated heterocycles. The number of ether oxygens (including phenoxy) is 2. The summed E-state index contributed by atoms with van der Waals surface area (Å²) in [6.45, 7) is 2.69. The molecule has 0 saturated carbocycles. The third kappa shape index (κ3) is 3.09. The molecule has 2 heterocycles. The fourth-order valence-electron chi connectivity index (χ4n) is 4.09. The van der Waals surface area contributed by atoms with E-state index in [-0.39, 0.29) is 18.0 Å². The lowest BCUT2D eigenvalue weighted by atomic mass is 10.0. The van der Waals surface area contributed by atoms with E-state index in [2.05, 4.69) is 4.98 Å². The minimum absolute atomic E-state index is 0.00518. The fraction of sp³-hybridized carbons (Fsp3) is 0.364. The Balaban J connectivity index is 1.64. The van der Waals surface area contributed by atoms with Crippen molar-refractivity contribution in [3.8, 4) is 11.5 Å². The quantitative estimate of drug-likeness (QED) is 0.673. The summed E-state index contributed by atoms with van der Waals surface area (Å²) in [5, 5.41) is 0. The third-order valence-corrected chi connectivity index (χ3v) is 5.59. The van der Waals surface area contributed by atoms with Crippen molar-refractivity contribution in [3.05, 3.63) is 54.4 Å². The number of para-hydroxylation sites is 2. The highest BCUT2D eigenvalue weighted by atomic mass is 16.5. The van der Waals surface area contributed by atoms with Gasteiger partial charge >= 0.3 is 0 Å². The highest BCUT2D eigenvalue weighted by Crippen LogP contribution is 2.39. The van der Waals surface area contributed by atoms with Crippen molar-refractivity contribution in [2.75, 3.05) is 20.8 Å². The zero-order valence-corrected chi connectivity index (χ0v) is 16.5. The van der Waals surface area contributed by atoms with Gasteiger partial charge in [0.15, 0.2) is 0 Å². The average molecular weight is 379 g/mol. The maximum atomic E-state index is 13.4. The van der Waals surface area contributed by atoms with Crippen molar-refractivity contribution >= 4 is 16.9 Å². The van der Waals surface area contributed by atoms with E-state index in [4.69, 9.17) is 9.47 Å². The van der Waals surface area contributed by atoms with E-state index in [1.54, 1.807) is 20.5 Å². The summed E-state index contributed by atoms with van der Waals surface area (Å²) in [6.07, 6.45) is 3.65. The normalized spacial score (nSPS) is 17.7. The number of nitrogens with zero attached hydrogens (tertiary/aromatic N) is 3. The number of carbonyl (C=O) groups is 1. The van der Waals surface area contributed by atoms with Crippen LogP contribution in [-0.2, 0) is 4.79 Å². The first kappa shape index (κ1) is 18.3. The first-order chi connectivity index (χ1) is 13.6. The van der Waals surface area contributed by atoms with Gasteiger partial charge in [-0.1, -0.05) is 12.1 Å². The Hall–Kier alpha value is -3.02. The monoisotopic (exact) mass is 379 g/mol. The Morgan fingerprint density at radius 2 is 2.00 bits per heavy atom. The van der Waals surface area contributed by atoms with Gasteiger partial charge in [-0.25, -0.2) is 4.98 Å². The number of likely N-dealkylation sites (tertiary alicyclic amines) is 1. The number of fused-ring (bicyclic) bond motifs is 1. The van der Waals surface area contributed by atoms with Crippen LogP contribution in [0.5, 0.6) is 11.5 Å². The van der Waals surface area contributed by atoms with Gasteiger partial charge in [-0.2, -0.15) is 0 Å². The molecule has 0 radical (unpaired) electrons. The summed E-state index contributed by atoms with van der Waals surface area (Å²) in [5.74, 6) is 1.60. The third-order valence-electron chi connectivity index (χ3n) is 5.59. The summed E-state index contributed by atoms with van der Waals surface area (Å²) < 4.78 is 12.8. The van der Waals surface area contributed by atoms with E-state index >= 15 is 0 Å². The van der Waals surface area contributed by atoms with Gasteiger partial charge < -0.3 is 18.9 Å². The first-order valence-electron chi connectivity index (χ1n) is 9.58. The number of amides is 1. The van der Waals surface area contributed by atoms with Crippen LogP contribution in [0.3, 0.4) is 0 Å². The Morgan fingerprint density at radius 3 is 2.79 bits per heavy atom. The molecule has 0 N–H and O–H groups in total. The molecule has 2 aromatic carbocycles. The lowest BCUT2D eigenvalue weighted by Crippen LogP contribution is -2.35. The summed E-state index contributed by atoms with van der Waals surface area (Å²) in [4.78, 5) is 19.8. The fourth-order valence-corrected chi connectivity index (χ4v) is 4.09. The van der Waals surface area contributed by atoms with Crippen molar-refractivity contribution in [1.82, 2.24) is 14.5 Å². The summed E-state index contributed by atoms with van der Waals surface area (Å²) >= 11 is 0. The molecule has 146 valence electrons. The smallest absolute Gasteiger partial charge is 0.245 e. The minimum Gasteiger partial charge on any atom is -0.497 e. The predicted molar refractivity (Wildman–Crippen MR) is 108 cm³/mol. The molecular weight excluding hydrogens is 354 g/mol. The number of hydrogen-bond acceptors (Lipinski definition) is 4. The number of methoxy groups -OCH3 is 2. The van der Waals surface area contributed by atoms with E-state index in [9.17, 15) is 4.79 Å². The second kappa shape index (κ2) is 7.54. The average Bonchev–Trinajstić information content (AvgIpc) is 3.39. The van der Waals surface area contributed by atoms with Crippen LogP contribution in [0.25, 0.3) is 11.0 Å². The van der Waals surface area contributed by atoms with E-state index < -0.39 is 0 Å². The number of imidazole rings is 1. The number of hydrogen-bond donors (Lipinski definition) is 0. The number of rotatable bonds is 5. The van der Waals surface area contributed by atoms with Crippen molar-refractivity contribution in [3.63, 3.8) is 0 Å². The lowest BCUT2D eigenvalue weighted by molar-refractivity contribution is -0.135. The SMILES string of the molecule is COc1ccc(C2CCCN2C(=O)C(C)n2cnc3ccccc32)c(OC)c1. The molecule has 1 fully saturated rings. The summed E-state index contributed by atoms with van der Waals surface area (Å²) in [7, 11) is 3.29. The van der Waals surface area contributed by atoms with Gasteiger partial charge in [0, 0.05) is 18.2 Å². The molecule has 6 heteroatoms. The van der Waals surface area contributed by atoms with E-state index in [0.29, 0.717) is 0 Å². The molecular formula is C22H25N3O3.